The number of hydrogen-bond donors (Lipinski definition) is 1. The molecule has 1 unspecified atom stereocenters. The summed E-state index contributed by atoms with van der Waals surface area (Å²) in [5.41, 5.74) is 9.10. The van der Waals surface area contributed by atoms with E-state index in [0.29, 0.717) is 4.90 Å². The molecule has 0 aliphatic rings. The Balaban J connectivity index is 2.28. The number of aryl methyl sites for hydroxylation is 2. The Hall–Kier alpha value is -1.65. The summed E-state index contributed by atoms with van der Waals surface area (Å²) in [5, 5.41) is 0. The van der Waals surface area contributed by atoms with Crippen LogP contribution in [-0.4, -0.2) is 14.2 Å². The van der Waals surface area contributed by atoms with Gasteiger partial charge < -0.3 is 5.73 Å². The van der Waals surface area contributed by atoms with Crippen LogP contribution < -0.4 is 5.73 Å². The lowest BCUT2D eigenvalue weighted by Crippen LogP contribution is -2.22. The van der Waals surface area contributed by atoms with E-state index in [4.69, 9.17) is 5.73 Å². The molecule has 4 heteroatoms. The third-order valence-electron chi connectivity index (χ3n) is 3.34. The molecule has 0 radical (unpaired) electrons. The Morgan fingerprint density at radius 1 is 1.05 bits per heavy atom. The molecule has 106 valence electrons. The van der Waals surface area contributed by atoms with Gasteiger partial charge in [0.1, 0.15) is 0 Å². The van der Waals surface area contributed by atoms with E-state index in [-0.39, 0.29) is 5.75 Å². The van der Waals surface area contributed by atoms with Crippen molar-refractivity contribution < 1.29 is 8.42 Å². The van der Waals surface area contributed by atoms with Gasteiger partial charge >= 0.3 is 0 Å². The van der Waals surface area contributed by atoms with Gasteiger partial charge in [-0.2, -0.15) is 0 Å². The van der Waals surface area contributed by atoms with Crippen molar-refractivity contribution in [1.29, 1.82) is 0 Å². The van der Waals surface area contributed by atoms with Gasteiger partial charge in [-0.05, 0) is 37.1 Å². The summed E-state index contributed by atoms with van der Waals surface area (Å²) in [7, 11) is -3.36. The lowest BCUT2D eigenvalue weighted by molar-refractivity contribution is 0.588. The zero-order chi connectivity index (χ0) is 14.8. The van der Waals surface area contributed by atoms with Crippen molar-refractivity contribution in [3.05, 3.63) is 65.2 Å². The number of nitrogens with two attached hydrogens (primary N) is 1. The normalized spacial score (nSPS) is 13.2. The molecule has 0 heterocycles. The SMILES string of the molecule is Cc1ccc(C)c(C(N)CS(=O)(=O)c2ccccc2)c1. The molecule has 2 aromatic rings. The highest BCUT2D eigenvalue weighted by Gasteiger charge is 2.20. The van der Waals surface area contributed by atoms with Gasteiger partial charge in [-0.25, -0.2) is 8.42 Å². The van der Waals surface area contributed by atoms with E-state index in [1.165, 1.54) is 0 Å². The minimum atomic E-state index is -3.36. The van der Waals surface area contributed by atoms with Crippen molar-refractivity contribution in [1.82, 2.24) is 0 Å². The zero-order valence-electron chi connectivity index (χ0n) is 11.7. The van der Waals surface area contributed by atoms with Crippen molar-refractivity contribution in [3.8, 4) is 0 Å². The van der Waals surface area contributed by atoms with Crippen LogP contribution in [0.2, 0.25) is 0 Å². The van der Waals surface area contributed by atoms with Crippen molar-refractivity contribution >= 4 is 9.84 Å². The molecule has 2 rings (SSSR count). The first-order valence-electron chi connectivity index (χ1n) is 6.51. The first kappa shape index (κ1) is 14.8. The second-order valence-corrected chi connectivity index (χ2v) is 7.10. The van der Waals surface area contributed by atoms with Crippen LogP contribution in [0.5, 0.6) is 0 Å². The van der Waals surface area contributed by atoms with Gasteiger partial charge in [-0.3, -0.25) is 0 Å². The van der Waals surface area contributed by atoms with Crippen LogP contribution in [0.1, 0.15) is 22.7 Å². The fourth-order valence-electron chi connectivity index (χ4n) is 2.21. The number of benzene rings is 2. The topological polar surface area (TPSA) is 60.2 Å². The van der Waals surface area contributed by atoms with Crippen molar-refractivity contribution in [2.45, 2.75) is 24.8 Å². The minimum absolute atomic E-state index is 0.0820. The zero-order valence-corrected chi connectivity index (χ0v) is 12.5. The number of hydrogen-bond acceptors (Lipinski definition) is 3. The maximum atomic E-state index is 12.3. The Morgan fingerprint density at radius 2 is 1.70 bits per heavy atom. The molecule has 0 aromatic heterocycles. The maximum Gasteiger partial charge on any atom is 0.180 e. The summed E-state index contributed by atoms with van der Waals surface area (Å²) in [4.78, 5) is 0.320. The summed E-state index contributed by atoms with van der Waals surface area (Å²) in [6.07, 6.45) is 0. The van der Waals surface area contributed by atoms with E-state index in [2.05, 4.69) is 0 Å². The Kier molecular flexibility index (Phi) is 4.26. The molecule has 20 heavy (non-hydrogen) atoms. The fraction of sp³-hybridized carbons (Fsp3) is 0.250. The average molecular weight is 289 g/mol. The quantitative estimate of drug-likeness (QED) is 0.941. The van der Waals surface area contributed by atoms with Gasteiger partial charge in [-0.15, -0.1) is 0 Å². The molecule has 3 nitrogen and oxygen atoms in total. The van der Waals surface area contributed by atoms with E-state index in [1.54, 1.807) is 30.3 Å². The lowest BCUT2D eigenvalue weighted by Gasteiger charge is -2.16. The Morgan fingerprint density at radius 3 is 2.35 bits per heavy atom. The summed E-state index contributed by atoms with van der Waals surface area (Å²) < 4.78 is 24.7. The lowest BCUT2D eigenvalue weighted by atomic mass is 10.0. The van der Waals surface area contributed by atoms with Crippen LogP contribution in [0, 0.1) is 13.8 Å². The van der Waals surface area contributed by atoms with Gasteiger partial charge in [0.2, 0.25) is 0 Å². The molecular weight excluding hydrogens is 270 g/mol. The molecular formula is C16H19NO2S. The van der Waals surface area contributed by atoms with E-state index >= 15 is 0 Å². The minimum Gasteiger partial charge on any atom is -0.323 e. The van der Waals surface area contributed by atoms with Gasteiger partial charge in [0.15, 0.2) is 9.84 Å². The predicted octanol–water partition coefficient (Wildman–Crippen LogP) is 2.78. The molecule has 0 saturated carbocycles. The van der Waals surface area contributed by atoms with Crippen LogP contribution in [-0.2, 0) is 9.84 Å². The van der Waals surface area contributed by atoms with E-state index in [1.807, 2.05) is 32.0 Å². The van der Waals surface area contributed by atoms with Gasteiger partial charge in [0, 0.05) is 6.04 Å². The average Bonchev–Trinajstić information content (AvgIpc) is 2.42. The summed E-state index contributed by atoms with van der Waals surface area (Å²) in [6.45, 7) is 3.92. The Bertz CT molecular complexity index is 694. The first-order valence-corrected chi connectivity index (χ1v) is 8.16. The molecule has 0 bridgehead atoms. The van der Waals surface area contributed by atoms with Crippen LogP contribution in [0.15, 0.2) is 53.4 Å². The third kappa shape index (κ3) is 3.26. The van der Waals surface area contributed by atoms with Gasteiger partial charge in [0.25, 0.3) is 0 Å². The van der Waals surface area contributed by atoms with Crippen molar-refractivity contribution in [3.63, 3.8) is 0 Å². The van der Waals surface area contributed by atoms with Crippen LogP contribution in [0.4, 0.5) is 0 Å². The molecule has 0 amide bonds. The largest absolute Gasteiger partial charge is 0.323 e. The van der Waals surface area contributed by atoms with Crippen LogP contribution in [0.25, 0.3) is 0 Å². The van der Waals surface area contributed by atoms with Crippen molar-refractivity contribution in [2.24, 2.45) is 5.73 Å². The third-order valence-corrected chi connectivity index (χ3v) is 5.12. The van der Waals surface area contributed by atoms with Crippen LogP contribution in [0.3, 0.4) is 0 Å². The van der Waals surface area contributed by atoms with Crippen LogP contribution >= 0.6 is 0 Å². The second-order valence-electron chi connectivity index (χ2n) is 5.06. The van der Waals surface area contributed by atoms with Gasteiger partial charge in [0.05, 0.1) is 10.6 Å². The van der Waals surface area contributed by atoms with E-state index in [9.17, 15) is 8.42 Å². The summed E-state index contributed by atoms with van der Waals surface area (Å²) >= 11 is 0. The highest BCUT2D eigenvalue weighted by molar-refractivity contribution is 7.91. The number of rotatable bonds is 4. The van der Waals surface area contributed by atoms with E-state index in [0.717, 1.165) is 16.7 Å². The standard InChI is InChI=1S/C16H19NO2S/c1-12-8-9-13(2)15(10-12)16(17)11-20(18,19)14-6-4-3-5-7-14/h3-10,16H,11,17H2,1-2H3. The Labute approximate surface area is 120 Å². The second kappa shape index (κ2) is 5.77. The number of sulfone groups is 1. The molecule has 0 fully saturated rings. The molecule has 2 N–H and O–H groups in total. The highest BCUT2D eigenvalue weighted by atomic mass is 32.2. The molecule has 1 atom stereocenters. The molecule has 0 aliphatic carbocycles. The highest BCUT2D eigenvalue weighted by Crippen LogP contribution is 2.21. The van der Waals surface area contributed by atoms with E-state index < -0.39 is 15.9 Å². The molecule has 2 aromatic carbocycles. The smallest absolute Gasteiger partial charge is 0.180 e. The van der Waals surface area contributed by atoms with Crippen molar-refractivity contribution in [2.75, 3.05) is 5.75 Å². The summed E-state index contributed by atoms with van der Waals surface area (Å²) in [6, 6.07) is 13.9. The predicted molar refractivity (Wildman–Crippen MR) is 81.3 cm³/mol. The summed E-state index contributed by atoms with van der Waals surface area (Å²) in [5.74, 6) is -0.0820. The fourth-order valence-corrected chi connectivity index (χ4v) is 3.63. The van der Waals surface area contributed by atoms with Gasteiger partial charge in [-0.1, -0.05) is 42.0 Å². The first-order chi connectivity index (χ1) is 9.40. The monoisotopic (exact) mass is 289 g/mol. The molecule has 0 spiro atoms. The molecule has 0 aliphatic heterocycles. The molecule has 0 saturated heterocycles. The maximum absolute atomic E-state index is 12.3.